The van der Waals surface area contributed by atoms with Crippen molar-refractivity contribution in [3.05, 3.63) is 68.9 Å². The number of rotatable bonds is 2. The van der Waals surface area contributed by atoms with E-state index < -0.39 is 6.10 Å². The molecular weight excluding hydrogens is 295 g/mol. The van der Waals surface area contributed by atoms with Crippen LogP contribution in [0.2, 0.25) is 0 Å². The number of benzene rings is 2. The van der Waals surface area contributed by atoms with Gasteiger partial charge in [0.2, 0.25) is 0 Å². The number of aryl methyl sites for hydroxylation is 1. The van der Waals surface area contributed by atoms with Crippen LogP contribution in [0.1, 0.15) is 28.4 Å². The van der Waals surface area contributed by atoms with Gasteiger partial charge in [0.25, 0.3) is 0 Å². The Hall–Kier alpha value is -1.19. The summed E-state index contributed by atoms with van der Waals surface area (Å²) in [6.07, 6.45) is -0.799. The molecule has 0 aliphatic carbocycles. The first-order valence-electron chi connectivity index (χ1n) is 5.70. The lowest BCUT2D eigenvalue weighted by molar-refractivity contribution is 0.219. The van der Waals surface area contributed by atoms with E-state index in [1.54, 1.807) is 12.1 Å². The summed E-state index contributed by atoms with van der Waals surface area (Å²) in [7, 11) is 0. The summed E-state index contributed by atoms with van der Waals surface area (Å²) in [5.74, 6) is -0.364. The van der Waals surface area contributed by atoms with Crippen LogP contribution in [-0.2, 0) is 0 Å². The lowest BCUT2D eigenvalue weighted by atomic mass is 9.95. The highest BCUT2D eigenvalue weighted by atomic mass is 79.9. The predicted octanol–water partition coefficient (Wildman–Crippen LogP) is 4.29. The molecule has 1 N–H and O–H groups in total. The summed E-state index contributed by atoms with van der Waals surface area (Å²) in [6.45, 7) is 3.96. The van der Waals surface area contributed by atoms with Gasteiger partial charge >= 0.3 is 0 Å². The lowest BCUT2D eigenvalue weighted by Gasteiger charge is -2.16. The zero-order chi connectivity index (χ0) is 13.3. The molecular formula is C15H14BrFO. The van der Waals surface area contributed by atoms with Crippen molar-refractivity contribution in [2.45, 2.75) is 20.0 Å². The first-order chi connectivity index (χ1) is 8.50. The highest BCUT2D eigenvalue weighted by molar-refractivity contribution is 9.10. The van der Waals surface area contributed by atoms with Crippen LogP contribution in [0.5, 0.6) is 0 Å². The minimum atomic E-state index is -0.799. The Labute approximate surface area is 114 Å². The summed E-state index contributed by atoms with van der Waals surface area (Å²) < 4.78 is 13.9. The van der Waals surface area contributed by atoms with E-state index in [0.29, 0.717) is 10.0 Å². The van der Waals surface area contributed by atoms with Crippen molar-refractivity contribution in [3.63, 3.8) is 0 Å². The Morgan fingerprint density at radius 3 is 2.56 bits per heavy atom. The van der Waals surface area contributed by atoms with Crippen LogP contribution >= 0.6 is 15.9 Å². The summed E-state index contributed by atoms with van der Waals surface area (Å²) in [5.41, 5.74) is 3.53. The minimum Gasteiger partial charge on any atom is -0.384 e. The quantitative estimate of drug-likeness (QED) is 0.877. The van der Waals surface area contributed by atoms with Crippen LogP contribution in [0, 0.1) is 19.7 Å². The largest absolute Gasteiger partial charge is 0.384 e. The lowest BCUT2D eigenvalue weighted by Crippen LogP contribution is -2.03. The van der Waals surface area contributed by atoms with Gasteiger partial charge in [0.1, 0.15) is 11.9 Å². The van der Waals surface area contributed by atoms with Gasteiger partial charge in [0.05, 0.1) is 4.47 Å². The van der Waals surface area contributed by atoms with Crippen LogP contribution in [-0.4, -0.2) is 5.11 Å². The van der Waals surface area contributed by atoms with Gasteiger partial charge in [-0.25, -0.2) is 4.39 Å². The van der Waals surface area contributed by atoms with Gasteiger partial charge in [0.15, 0.2) is 0 Å². The van der Waals surface area contributed by atoms with Crippen molar-refractivity contribution in [2.75, 3.05) is 0 Å². The maximum absolute atomic E-state index is 13.5. The molecule has 0 heterocycles. The number of hydrogen-bond acceptors (Lipinski definition) is 1. The van der Waals surface area contributed by atoms with Gasteiger partial charge in [-0.3, -0.25) is 0 Å². The number of halogens is 2. The van der Waals surface area contributed by atoms with Crippen LogP contribution in [0.4, 0.5) is 4.39 Å². The van der Waals surface area contributed by atoms with Crippen LogP contribution < -0.4 is 0 Å². The molecule has 0 aliphatic heterocycles. The molecule has 0 fully saturated rings. The second-order valence-corrected chi connectivity index (χ2v) is 5.22. The normalized spacial score (nSPS) is 12.5. The van der Waals surface area contributed by atoms with Crippen LogP contribution in [0.25, 0.3) is 0 Å². The predicted molar refractivity (Wildman–Crippen MR) is 74.1 cm³/mol. The highest BCUT2D eigenvalue weighted by Gasteiger charge is 2.15. The molecule has 0 aromatic heterocycles. The maximum atomic E-state index is 13.5. The fourth-order valence-corrected chi connectivity index (χ4v) is 2.18. The summed E-state index contributed by atoms with van der Waals surface area (Å²) in [5, 5.41) is 10.3. The number of hydrogen-bond donors (Lipinski definition) is 1. The van der Waals surface area contributed by atoms with E-state index in [2.05, 4.69) is 15.9 Å². The third kappa shape index (κ3) is 2.47. The first kappa shape index (κ1) is 13.2. The molecule has 0 saturated heterocycles. The SMILES string of the molecule is Cc1cccc(C(O)c2ccc(Br)c(F)c2)c1C. The van der Waals surface area contributed by atoms with Crippen molar-refractivity contribution in [3.8, 4) is 0 Å². The van der Waals surface area contributed by atoms with E-state index in [-0.39, 0.29) is 5.82 Å². The molecule has 1 nitrogen and oxygen atoms in total. The van der Waals surface area contributed by atoms with Crippen molar-refractivity contribution < 1.29 is 9.50 Å². The second kappa shape index (κ2) is 5.21. The zero-order valence-corrected chi connectivity index (χ0v) is 11.8. The molecule has 2 rings (SSSR count). The third-order valence-corrected chi connectivity index (χ3v) is 3.84. The molecule has 0 bridgehead atoms. The molecule has 0 radical (unpaired) electrons. The van der Waals surface area contributed by atoms with Crippen molar-refractivity contribution >= 4 is 15.9 Å². The molecule has 0 spiro atoms. The minimum absolute atomic E-state index is 0.364. The van der Waals surface area contributed by atoms with Crippen LogP contribution in [0.3, 0.4) is 0 Å². The Kier molecular flexibility index (Phi) is 3.83. The van der Waals surface area contributed by atoms with Gasteiger partial charge < -0.3 is 5.11 Å². The summed E-state index contributed by atoms with van der Waals surface area (Å²) in [4.78, 5) is 0. The molecule has 0 saturated carbocycles. The standard InChI is InChI=1S/C15H14BrFO/c1-9-4-3-5-12(10(9)2)15(18)11-6-7-13(16)14(17)8-11/h3-8,15,18H,1-2H3. The van der Waals surface area contributed by atoms with Gasteiger partial charge in [0, 0.05) is 0 Å². The second-order valence-electron chi connectivity index (χ2n) is 4.37. The number of aliphatic hydroxyl groups is 1. The maximum Gasteiger partial charge on any atom is 0.137 e. The molecule has 94 valence electrons. The van der Waals surface area contributed by atoms with Crippen LogP contribution in [0.15, 0.2) is 40.9 Å². The Morgan fingerprint density at radius 2 is 1.89 bits per heavy atom. The summed E-state index contributed by atoms with van der Waals surface area (Å²) >= 11 is 3.10. The number of aliphatic hydroxyl groups excluding tert-OH is 1. The Morgan fingerprint density at radius 1 is 1.17 bits per heavy atom. The van der Waals surface area contributed by atoms with Crippen molar-refractivity contribution in [1.29, 1.82) is 0 Å². The van der Waals surface area contributed by atoms with Crippen molar-refractivity contribution in [1.82, 2.24) is 0 Å². The van der Waals surface area contributed by atoms with E-state index in [1.807, 2.05) is 32.0 Å². The third-order valence-electron chi connectivity index (χ3n) is 3.20. The van der Waals surface area contributed by atoms with E-state index in [4.69, 9.17) is 0 Å². The molecule has 1 unspecified atom stereocenters. The van der Waals surface area contributed by atoms with Gasteiger partial charge in [-0.2, -0.15) is 0 Å². The zero-order valence-electron chi connectivity index (χ0n) is 10.2. The molecule has 1 atom stereocenters. The van der Waals surface area contributed by atoms with Crippen molar-refractivity contribution in [2.24, 2.45) is 0 Å². The molecule has 2 aromatic carbocycles. The fraction of sp³-hybridized carbons (Fsp3) is 0.200. The van der Waals surface area contributed by atoms with E-state index >= 15 is 0 Å². The summed E-state index contributed by atoms with van der Waals surface area (Å²) in [6, 6.07) is 10.5. The average Bonchev–Trinajstić information content (AvgIpc) is 2.35. The first-order valence-corrected chi connectivity index (χ1v) is 6.49. The monoisotopic (exact) mass is 308 g/mol. The Bertz CT molecular complexity index is 581. The topological polar surface area (TPSA) is 20.2 Å². The molecule has 2 aromatic rings. The van der Waals surface area contributed by atoms with E-state index in [0.717, 1.165) is 16.7 Å². The van der Waals surface area contributed by atoms with Gasteiger partial charge in [-0.1, -0.05) is 24.3 Å². The highest BCUT2D eigenvalue weighted by Crippen LogP contribution is 2.28. The fourth-order valence-electron chi connectivity index (χ4n) is 1.93. The van der Waals surface area contributed by atoms with Gasteiger partial charge in [-0.15, -0.1) is 0 Å². The average molecular weight is 309 g/mol. The van der Waals surface area contributed by atoms with Gasteiger partial charge in [-0.05, 0) is 64.2 Å². The van der Waals surface area contributed by atoms with E-state index in [1.165, 1.54) is 6.07 Å². The molecule has 18 heavy (non-hydrogen) atoms. The van der Waals surface area contributed by atoms with E-state index in [9.17, 15) is 9.50 Å². The molecule has 0 aliphatic rings. The molecule has 3 heteroatoms. The Balaban J connectivity index is 2.44. The molecule has 0 amide bonds. The smallest absolute Gasteiger partial charge is 0.137 e.